The van der Waals surface area contributed by atoms with Gasteiger partial charge in [-0.15, -0.1) is 0 Å². The quantitative estimate of drug-likeness (QED) is 0.501. The lowest BCUT2D eigenvalue weighted by Gasteiger charge is -2.06. The summed E-state index contributed by atoms with van der Waals surface area (Å²) in [4.78, 5) is 30.1. The fourth-order valence-corrected chi connectivity index (χ4v) is 4.31. The standard InChI is InChI=1S/C24H20N2O3S/c1-16-19(15-17-9-4-3-5-10-17)22(27)25-24-26(16)23(28)21(30-24)14-8-12-18-11-6-7-13-20(18)29-2/h3-14H,15H2,1-2H3. The molecule has 0 atom stereocenters. The van der Waals surface area contributed by atoms with Crippen molar-refractivity contribution in [2.75, 3.05) is 7.11 Å². The number of hydrogen-bond acceptors (Lipinski definition) is 5. The monoisotopic (exact) mass is 416 g/mol. The maximum Gasteiger partial charge on any atom is 0.277 e. The molecule has 0 amide bonds. The Hall–Kier alpha value is -3.51. The molecule has 150 valence electrons. The Morgan fingerprint density at radius 1 is 1.07 bits per heavy atom. The van der Waals surface area contributed by atoms with Crippen LogP contribution in [0.25, 0.3) is 17.1 Å². The van der Waals surface area contributed by atoms with Gasteiger partial charge in [0.25, 0.3) is 11.1 Å². The number of allylic oxidation sites excluding steroid dienone is 1. The number of thiazole rings is 1. The van der Waals surface area contributed by atoms with Crippen molar-refractivity contribution in [2.24, 2.45) is 0 Å². The maximum atomic E-state index is 13.0. The molecule has 2 aromatic carbocycles. The minimum absolute atomic E-state index is 0.168. The summed E-state index contributed by atoms with van der Waals surface area (Å²) in [6, 6.07) is 17.4. The van der Waals surface area contributed by atoms with Crippen molar-refractivity contribution in [3.05, 3.63) is 108 Å². The van der Waals surface area contributed by atoms with Crippen LogP contribution in [0, 0.1) is 6.92 Å². The highest BCUT2D eigenvalue weighted by Crippen LogP contribution is 2.18. The predicted octanol–water partition coefficient (Wildman–Crippen LogP) is 3.24. The average molecular weight is 417 g/mol. The van der Waals surface area contributed by atoms with Crippen LogP contribution in [0.2, 0.25) is 0 Å². The Bertz CT molecular complexity index is 1400. The van der Waals surface area contributed by atoms with Gasteiger partial charge in [-0.2, -0.15) is 4.98 Å². The molecule has 0 saturated carbocycles. The molecule has 0 aliphatic rings. The number of rotatable bonds is 5. The maximum absolute atomic E-state index is 13.0. The molecule has 2 heterocycles. The minimum atomic E-state index is -0.284. The molecule has 30 heavy (non-hydrogen) atoms. The summed E-state index contributed by atoms with van der Waals surface area (Å²) in [7, 11) is 1.62. The van der Waals surface area contributed by atoms with E-state index in [1.54, 1.807) is 20.1 Å². The molecule has 0 bridgehead atoms. The Balaban J connectivity index is 1.76. The summed E-state index contributed by atoms with van der Waals surface area (Å²) in [5, 5.41) is 0. The third-order valence-corrected chi connectivity index (χ3v) is 5.91. The van der Waals surface area contributed by atoms with Crippen molar-refractivity contribution in [3.63, 3.8) is 0 Å². The number of hydrogen-bond donors (Lipinski definition) is 0. The van der Waals surface area contributed by atoms with E-state index >= 15 is 0 Å². The molecular weight excluding hydrogens is 396 g/mol. The largest absolute Gasteiger partial charge is 0.496 e. The lowest BCUT2D eigenvalue weighted by molar-refractivity contribution is 0.414. The van der Waals surface area contributed by atoms with Crippen LogP contribution in [0.3, 0.4) is 0 Å². The Kier molecular flexibility index (Phi) is 5.59. The van der Waals surface area contributed by atoms with Crippen molar-refractivity contribution in [2.45, 2.75) is 13.3 Å². The van der Waals surface area contributed by atoms with Gasteiger partial charge in [-0.1, -0.05) is 72.0 Å². The van der Waals surface area contributed by atoms with Gasteiger partial charge >= 0.3 is 0 Å². The second kappa shape index (κ2) is 8.47. The number of aryl methyl sites for hydroxylation is 1. The first kappa shape index (κ1) is 19.8. The number of aromatic nitrogens is 2. The van der Waals surface area contributed by atoms with Gasteiger partial charge in [0.15, 0.2) is 0 Å². The molecule has 0 fully saturated rings. The smallest absolute Gasteiger partial charge is 0.277 e. The highest BCUT2D eigenvalue weighted by Gasteiger charge is 2.14. The molecule has 2 aromatic heterocycles. The van der Waals surface area contributed by atoms with Gasteiger partial charge in [0.05, 0.1) is 11.6 Å². The van der Waals surface area contributed by atoms with Crippen molar-refractivity contribution in [3.8, 4) is 5.75 Å². The molecule has 4 rings (SSSR count). The third kappa shape index (κ3) is 3.82. The fraction of sp³-hybridized carbons (Fsp3) is 0.125. The van der Waals surface area contributed by atoms with E-state index in [0.717, 1.165) is 16.9 Å². The zero-order valence-corrected chi connectivity index (χ0v) is 17.5. The van der Waals surface area contributed by atoms with Gasteiger partial charge in [0.1, 0.15) is 5.75 Å². The van der Waals surface area contributed by atoms with Crippen LogP contribution in [0.1, 0.15) is 22.4 Å². The zero-order valence-electron chi connectivity index (χ0n) is 16.7. The summed E-state index contributed by atoms with van der Waals surface area (Å²) in [5.41, 5.74) is 2.66. The van der Waals surface area contributed by atoms with Gasteiger partial charge in [-0.3, -0.25) is 14.0 Å². The number of para-hydroxylation sites is 1. The lowest BCUT2D eigenvalue weighted by Crippen LogP contribution is -2.27. The summed E-state index contributed by atoms with van der Waals surface area (Å²) in [6.45, 7) is 1.80. The van der Waals surface area contributed by atoms with E-state index < -0.39 is 0 Å². The Labute approximate surface area is 177 Å². The van der Waals surface area contributed by atoms with E-state index in [9.17, 15) is 9.59 Å². The first-order chi connectivity index (χ1) is 14.6. The number of methoxy groups -OCH3 is 1. The SMILES string of the molecule is COc1ccccc1C=CC=c1sc2nc(=O)c(Cc3ccccc3)c(C)n2c1=O. The van der Waals surface area contributed by atoms with Crippen LogP contribution in [-0.4, -0.2) is 16.5 Å². The first-order valence-corrected chi connectivity index (χ1v) is 10.3. The van der Waals surface area contributed by atoms with Gasteiger partial charge in [-0.05, 0) is 24.6 Å². The molecule has 0 N–H and O–H groups in total. The van der Waals surface area contributed by atoms with Crippen molar-refractivity contribution in [1.29, 1.82) is 0 Å². The highest BCUT2D eigenvalue weighted by molar-refractivity contribution is 7.15. The molecule has 0 radical (unpaired) electrons. The molecule has 0 aliphatic heterocycles. The Morgan fingerprint density at radius 2 is 1.80 bits per heavy atom. The molecular formula is C24H20N2O3S. The predicted molar refractivity (Wildman–Crippen MR) is 121 cm³/mol. The van der Waals surface area contributed by atoms with Crippen molar-refractivity contribution < 1.29 is 4.74 Å². The van der Waals surface area contributed by atoms with Crippen molar-refractivity contribution >= 4 is 28.4 Å². The summed E-state index contributed by atoms with van der Waals surface area (Å²) in [5.74, 6) is 0.759. The van der Waals surface area contributed by atoms with E-state index in [0.29, 0.717) is 27.2 Å². The van der Waals surface area contributed by atoms with E-state index in [4.69, 9.17) is 4.74 Å². The van der Waals surface area contributed by atoms with Crippen LogP contribution >= 0.6 is 11.3 Å². The molecule has 0 unspecified atom stereocenters. The topological polar surface area (TPSA) is 60.7 Å². The van der Waals surface area contributed by atoms with E-state index in [1.165, 1.54) is 15.7 Å². The third-order valence-electron chi connectivity index (χ3n) is 4.92. The molecule has 5 nitrogen and oxygen atoms in total. The van der Waals surface area contributed by atoms with Gasteiger partial charge in [0, 0.05) is 23.2 Å². The number of benzene rings is 2. The fourth-order valence-electron chi connectivity index (χ4n) is 3.35. The van der Waals surface area contributed by atoms with Crippen LogP contribution < -0.4 is 20.4 Å². The second-order valence-electron chi connectivity index (χ2n) is 6.80. The van der Waals surface area contributed by atoms with E-state index in [1.807, 2.05) is 66.7 Å². The molecule has 0 aliphatic carbocycles. The van der Waals surface area contributed by atoms with Gasteiger partial charge in [0.2, 0.25) is 4.96 Å². The number of fused-ring (bicyclic) bond motifs is 1. The van der Waals surface area contributed by atoms with Crippen molar-refractivity contribution in [1.82, 2.24) is 9.38 Å². The molecule has 4 aromatic rings. The summed E-state index contributed by atoms with van der Waals surface area (Å²) < 4.78 is 7.39. The highest BCUT2D eigenvalue weighted by atomic mass is 32.1. The minimum Gasteiger partial charge on any atom is -0.496 e. The molecule has 6 heteroatoms. The molecule has 0 spiro atoms. The van der Waals surface area contributed by atoms with Crippen LogP contribution in [0.5, 0.6) is 5.75 Å². The van der Waals surface area contributed by atoms with Gasteiger partial charge < -0.3 is 4.74 Å². The van der Waals surface area contributed by atoms with Crippen LogP contribution in [0.15, 0.2) is 70.3 Å². The van der Waals surface area contributed by atoms with E-state index in [2.05, 4.69) is 4.98 Å². The number of ether oxygens (including phenoxy) is 1. The number of nitrogens with zero attached hydrogens (tertiary/aromatic N) is 2. The second-order valence-corrected chi connectivity index (χ2v) is 7.81. The summed E-state index contributed by atoms with van der Waals surface area (Å²) in [6.07, 6.45) is 5.88. The molecule has 0 saturated heterocycles. The average Bonchev–Trinajstić information content (AvgIpc) is 3.07. The zero-order chi connectivity index (χ0) is 21.1. The van der Waals surface area contributed by atoms with Crippen LogP contribution in [0.4, 0.5) is 0 Å². The summed E-state index contributed by atoms with van der Waals surface area (Å²) >= 11 is 1.21. The first-order valence-electron chi connectivity index (χ1n) is 9.49. The normalized spacial score (nSPS) is 12.1. The van der Waals surface area contributed by atoms with E-state index in [-0.39, 0.29) is 11.1 Å². The lowest BCUT2D eigenvalue weighted by atomic mass is 10.1. The van der Waals surface area contributed by atoms with Gasteiger partial charge in [-0.25, -0.2) is 0 Å². The Morgan fingerprint density at radius 3 is 2.57 bits per heavy atom. The van der Waals surface area contributed by atoms with Crippen LogP contribution in [-0.2, 0) is 6.42 Å².